The van der Waals surface area contributed by atoms with Crippen molar-refractivity contribution < 1.29 is 23.1 Å². The van der Waals surface area contributed by atoms with Crippen LogP contribution in [0, 0.1) is 11.6 Å². The molecule has 0 aliphatic carbocycles. The van der Waals surface area contributed by atoms with Gasteiger partial charge in [-0.05, 0) is 36.4 Å². The number of carbonyl (C=O) groups excluding carboxylic acids is 2. The summed E-state index contributed by atoms with van der Waals surface area (Å²) in [5, 5.41) is 0. The van der Waals surface area contributed by atoms with E-state index in [0.717, 1.165) is 0 Å². The van der Waals surface area contributed by atoms with Crippen LogP contribution in [0.3, 0.4) is 0 Å². The van der Waals surface area contributed by atoms with Gasteiger partial charge < -0.3 is 14.5 Å². The van der Waals surface area contributed by atoms with E-state index < -0.39 is 22.4 Å². The zero-order valence-electron chi connectivity index (χ0n) is 17.8. The Morgan fingerprint density at radius 3 is 2.52 bits per heavy atom. The molecule has 3 aromatic carbocycles. The minimum atomic E-state index is -1.38. The van der Waals surface area contributed by atoms with Crippen molar-refractivity contribution in [1.29, 1.82) is 0 Å². The average molecular weight is 467 g/mol. The van der Waals surface area contributed by atoms with Gasteiger partial charge in [0.25, 0.3) is 11.8 Å². The first kappa shape index (κ1) is 21.5. The van der Waals surface area contributed by atoms with Gasteiger partial charge in [-0.2, -0.15) is 0 Å². The summed E-state index contributed by atoms with van der Waals surface area (Å²) in [7, 11) is 1.52. The van der Waals surface area contributed by atoms with Crippen LogP contribution in [0.5, 0.6) is 5.75 Å². The summed E-state index contributed by atoms with van der Waals surface area (Å²) in [4.78, 5) is 29.0. The summed E-state index contributed by atoms with van der Waals surface area (Å²) in [5.74, 6) is -0.960. The highest BCUT2D eigenvalue weighted by molar-refractivity contribution is 8.01. The highest BCUT2D eigenvalue weighted by Crippen LogP contribution is 2.55. The number of anilines is 1. The van der Waals surface area contributed by atoms with Crippen molar-refractivity contribution in [3.05, 3.63) is 95.1 Å². The summed E-state index contributed by atoms with van der Waals surface area (Å²) in [6, 6.07) is 17.2. The molecule has 8 heteroatoms. The van der Waals surface area contributed by atoms with Crippen molar-refractivity contribution in [3.63, 3.8) is 0 Å². The lowest BCUT2D eigenvalue weighted by molar-refractivity contribution is -0.123. The lowest BCUT2D eigenvalue weighted by Gasteiger charge is -2.33. The molecule has 1 atom stereocenters. The van der Waals surface area contributed by atoms with Gasteiger partial charge in [0.1, 0.15) is 17.4 Å². The van der Waals surface area contributed by atoms with Crippen molar-refractivity contribution in [3.8, 4) is 5.75 Å². The number of hydrogen-bond acceptors (Lipinski definition) is 4. The van der Waals surface area contributed by atoms with E-state index in [2.05, 4.69) is 0 Å². The molecule has 2 amide bonds. The van der Waals surface area contributed by atoms with Crippen molar-refractivity contribution >= 4 is 29.3 Å². The number of thioether (sulfide) groups is 1. The highest BCUT2D eigenvalue weighted by atomic mass is 32.2. The predicted octanol–water partition coefficient (Wildman–Crippen LogP) is 4.56. The van der Waals surface area contributed by atoms with Gasteiger partial charge in [-0.1, -0.05) is 30.3 Å². The van der Waals surface area contributed by atoms with Crippen LogP contribution >= 0.6 is 11.8 Å². The first-order valence-corrected chi connectivity index (χ1v) is 11.4. The van der Waals surface area contributed by atoms with Crippen LogP contribution in [0.25, 0.3) is 0 Å². The van der Waals surface area contributed by atoms with E-state index in [1.54, 1.807) is 42.5 Å². The van der Waals surface area contributed by atoms with Gasteiger partial charge in [-0.25, -0.2) is 8.78 Å². The molecular weight excluding hydrogens is 446 g/mol. The van der Waals surface area contributed by atoms with E-state index >= 15 is 0 Å². The molecule has 0 aromatic heterocycles. The van der Waals surface area contributed by atoms with Crippen LogP contribution in [0.1, 0.15) is 21.5 Å². The maximum absolute atomic E-state index is 14.5. The van der Waals surface area contributed by atoms with E-state index in [1.165, 1.54) is 52.9 Å². The quantitative estimate of drug-likeness (QED) is 0.566. The fraction of sp³-hybridized carbons (Fsp3) is 0.200. The van der Waals surface area contributed by atoms with Gasteiger partial charge in [-0.3, -0.25) is 9.59 Å². The summed E-state index contributed by atoms with van der Waals surface area (Å²) in [6.07, 6.45) is 0. The van der Waals surface area contributed by atoms with E-state index in [4.69, 9.17) is 4.74 Å². The van der Waals surface area contributed by atoms with E-state index in [1.807, 2.05) is 0 Å². The third kappa shape index (κ3) is 3.28. The van der Waals surface area contributed by atoms with Crippen LogP contribution in [0.4, 0.5) is 14.5 Å². The van der Waals surface area contributed by atoms with Crippen molar-refractivity contribution in [1.82, 2.24) is 4.90 Å². The van der Waals surface area contributed by atoms with Crippen molar-refractivity contribution in [2.24, 2.45) is 0 Å². The van der Waals surface area contributed by atoms with Gasteiger partial charge in [-0.15, -0.1) is 11.8 Å². The molecule has 0 bridgehead atoms. The molecule has 2 heterocycles. The first-order chi connectivity index (χ1) is 16.0. The SMILES string of the molecule is COc1ccc2c(c1)[C@]1(SCCN1C(=O)c1ccccc1F)C(=O)N2Cc1ccccc1F. The molecule has 33 heavy (non-hydrogen) atoms. The number of amides is 2. The molecule has 0 radical (unpaired) electrons. The van der Waals surface area contributed by atoms with Crippen LogP contribution in [-0.2, 0) is 16.2 Å². The standard InChI is InChI=1S/C25H20F2N2O3S/c1-32-17-10-11-22-19(14-17)25(24(31)28(22)15-16-6-2-4-8-20(16)26)29(12-13-33-25)23(30)18-7-3-5-9-21(18)27/h2-11,14H,12-13,15H2,1H3/t25-/m0/s1. The lowest BCUT2D eigenvalue weighted by atomic mass is 10.0. The zero-order chi connectivity index (χ0) is 23.2. The molecule has 168 valence electrons. The molecule has 0 saturated carbocycles. The molecule has 1 spiro atoms. The fourth-order valence-corrected chi connectivity index (χ4v) is 5.91. The maximum Gasteiger partial charge on any atom is 0.268 e. The Morgan fingerprint density at radius 2 is 1.79 bits per heavy atom. The highest BCUT2D eigenvalue weighted by Gasteiger charge is 2.59. The Balaban J connectivity index is 1.64. The predicted molar refractivity (Wildman–Crippen MR) is 122 cm³/mol. The summed E-state index contributed by atoms with van der Waals surface area (Å²) in [5.41, 5.74) is 1.42. The molecule has 3 aromatic rings. The second kappa shape index (κ2) is 8.19. The number of hydrogen-bond donors (Lipinski definition) is 0. The second-order valence-electron chi connectivity index (χ2n) is 7.79. The fourth-order valence-electron chi connectivity index (χ4n) is 4.46. The molecule has 2 aliphatic rings. The number of methoxy groups -OCH3 is 1. The summed E-state index contributed by atoms with van der Waals surface area (Å²) >= 11 is 1.32. The first-order valence-electron chi connectivity index (χ1n) is 10.4. The lowest BCUT2D eigenvalue weighted by Crippen LogP contribution is -2.50. The Hall–Kier alpha value is -3.39. The molecule has 0 unspecified atom stereocenters. The van der Waals surface area contributed by atoms with Crippen LogP contribution < -0.4 is 9.64 Å². The van der Waals surface area contributed by atoms with E-state index in [0.29, 0.717) is 28.3 Å². The third-order valence-electron chi connectivity index (χ3n) is 6.04. The van der Waals surface area contributed by atoms with Crippen LogP contribution in [0.15, 0.2) is 66.7 Å². The summed E-state index contributed by atoms with van der Waals surface area (Å²) < 4.78 is 34.3. The van der Waals surface area contributed by atoms with Crippen molar-refractivity contribution in [2.75, 3.05) is 24.3 Å². The molecular formula is C25H20F2N2O3S. The number of nitrogens with zero attached hydrogens (tertiary/aromatic N) is 2. The van der Waals surface area contributed by atoms with Gasteiger partial charge in [0.2, 0.25) is 0 Å². The molecule has 5 nitrogen and oxygen atoms in total. The monoisotopic (exact) mass is 466 g/mol. The topological polar surface area (TPSA) is 49.9 Å². The van der Waals surface area contributed by atoms with Gasteiger partial charge in [0, 0.05) is 23.4 Å². The minimum Gasteiger partial charge on any atom is -0.497 e. The largest absolute Gasteiger partial charge is 0.497 e. The number of ether oxygens (including phenoxy) is 1. The second-order valence-corrected chi connectivity index (χ2v) is 9.08. The minimum absolute atomic E-state index is 0.00880. The van der Waals surface area contributed by atoms with Gasteiger partial charge in [0.15, 0.2) is 4.87 Å². The Labute approximate surface area is 193 Å². The molecule has 1 fully saturated rings. The zero-order valence-corrected chi connectivity index (χ0v) is 18.6. The van der Waals surface area contributed by atoms with Gasteiger partial charge in [0.05, 0.1) is 24.9 Å². The average Bonchev–Trinajstić information content (AvgIpc) is 3.37. The van der Waals surface area contributed by atoms with Crippen LogP contribution in [-0.4, -0.2) is 36.1 Å². The Bertz CT molecular complexity index is 1270. The summed E-state index contributed by atoms with van der Waals surface area (Å²) in [6.45, 7) is 0.280. The van der Waals surface area contributed by atoms with E-state index in [-0.39, 0.29) is 24.6 Å². The molecule has 5 rings (SSSR count). The number of rotatable bonds is 4. The van der Waals surface area contributed by atoms with Crippen molar-refractivity contribution in [2.45, 2.75) is 11.4 Å². The Morgan fingerprint density at radius 1 is 1.06 bits per heavy atom. The van der Waals surface area contributed by atoms with E-state index in [9.17, 15) is 18.4 Å². The molecule has 1 saturated heterocycles. The number of halogens is 2. The Kier molecular flexibility index (Phi) is 5.32. The normalized spacial score (nSPS) is 19.3. The number of fused-ring (bicyclic) bond motifs is 2. The maximum atomic E-state index is 14.5. The third-order valence-corrected chi connectivity index (χ3v) is 7.46. The molecule has 2 aliphatic heterocycles. The number of carbonyl (C=O) groups is 2. The smallest absolute Gasteiger partial charge is 0.268 e. The number of benzene rings is 3. The van der Waals surface area contributed by atoms with Gasteiger partial charge >= 0.3 is 0 Å². The van der Waals surface area contributed by atoms with Crippen LogP contribution in [0.2, 0.25) is 0 Å². The molecule has 0 N–H and O–H groups in total.